The van der Waals surface area contributed by atoms with Crippen LogP contribution >= 0.6 is 11.8 Å². The van der Waals surface area contributed by atoms with Gasteiger partial charge < -0.3 is 10.6 Å². The Bertz CT molecular complexity index is 1090. The van der Waals surface area contributed by atoms with Crippen molar-refractivity contribution in [3.63, 3.8) is 0 Å². The molecular formula is C23H24FN5OS. The van der Waals surface area contributed by atoms with E-state index in [0.717, 1.165) is 11.4 Å². The Morgan fingerprint density at radius 3 is 2.81 bits per heavy atom. The maximum Gasteiger partial charge on any atom is 0.185 e. The first kappa shape index (κ1) is 22.7. The highest BCUT2D eigenvalue weighted by molar-refractivity contribution is 8.17. The fourth-order valence-corrected chi connectivity index (χ4v) is 4.39. The van der Waals surface area contributed by atoms with Gasteiger partial charge in [-0.3, -0.25) is 14.8 Å². The Morgan fingerprint density at radius 1 is 1.39 bits per heavy atom. The van der Waals surface area contributed by atoms with Crippen LogP contribution < -0.4 is 5.73 Å². The lowest BCUT2D eigenvalue weighted by atomic mass is 9.86. The number of thioether (sulfide) groups is 1. The van der Waals surface area contributed by atoms with Crippen LogP contribution in [0.3, 0.4) is 0 Å². The van der Waals surface area contributed by atoms with E-state index in [-0.39, 0.29) is 23.7 Å². The zero-order valence-electron chi connectivity index (χ0n) is 17.7. The van der Waals surface area contributed by atoms with Gasteiger partial charge >= 0.3 is 0 Å². The van der Waals surface area contributed by atoms with Crippen molar-refractivity contribution in [1.29, 1.82) is 5.26 Å². The van der Waals surface area contributed by atoms with Gasteiger partial charge in [0, 0.05) is 31.1 Å². The second-order valence-corrected chi connectivity index (χ2v) is 9.04. The van der Waals surface area contributed by atoms with Crippen LogP contribution in [0.4, 0.5) is 4.39 Å². The van der Waals surface area contributed by atoms with Gasteiger partial charge in [-0.05, 0) is 55.8 Å². The summed E-state index contributed by atoms with van der Waals surface area (Å²) >= 11 is 1.40. The molecular weight excluding hydrogens is 413 g/mol. The van der Waals surface area contributed by atoms with E-state index in [1.165, 1.54) is 30.1 Å². The third kappa shape index (κ3) is 5.57. The lowest BCUT2D eigenvalue weighted by Gasteiger charge is -2.32. The predicted octanol–water partition coefficient (Wildman–Crippen LogP) is 3.63. The Kier molecular flexibility index (Phi) is 6.88. The van der Waals surface area contributed by atoms with Crippen LogP contribution in [0.15, 0.2) is 52.5 Å². The molecule has 0 radical (unpaired) electrons. The molecule has 8 heteroatoms. The van der Waals surface area contributed by atoms with Crippen LogP contribution in [-0.2, 0) is 12.0 Å². The summed E-state index contributed by atoms with van der Waals surface area (Å²) in [5.41, 5.74) is 6.93. The molecule has 0 saturated carbocycles. The number of Topliss-reactive ketones (excluding diaryl/α,β-unsaturated/α-hetero) is 1. The summed E-state index contributed by atoms with van der Waals surface area (Å²) in [4.78, 5) is 24.3. The minimum absolute atomic E-state index is 0.0690. The van der Waals surface area contributed by atoms with Gasteiger partial charge in [0.05, 0.1) is 11.1 Å². The summed E-state index contributed by atoms with van der Waals surface area (Å²) in [6, 6.07) is 9.70. The third-order valence-electron chi connectivity index (χ3n) is 4.95. The van der Waals surface area contributed by atoms with Gasteiger partial charge in [0.2, 0.25) is 0 Å². The van der Waals surface area contributed by atoms with Crippen molar-refractivity contribution in [1.82, 2.24) is 9.88 Å². The first-order chi connectivity index (χ1) is 14.7. The number of rotatable bonds is 6. The van der Waals surface area contributed by atoms with Gasteiger partial charge in [-0.1, -0.05) is 23.9 Å². The largest absolute Gasteiger partial charge is 0.378 e. The SMILES string of the molecule is CN(C)C/C=C1/C[C@@](C)(c2cc(CC(=O)c3ccc(C#N)cn3)ccc2F)N=C(N)S1. The number of nitrogens with two attached hydrogens (primary N) is 1. The molecule has 160 valence electrons. The minimum atomic E-state index is -0.858. The second-order valence-electron chi connectivity index (χ2n) is 7.89. The Labute approximate surface area is 185 Å². The molecule has 2 N–H and O–H groups in total. The zero-order valence-corrected chi connectivity index (χ0v) is 18.5. The summed E-state index contributed by atoms with van der Waals surface area (Å²) in [5, 5.41) is 9.26. The number of aromatic nitrogens is 1. The quantitative estimate of drug-likeness (QED) is 0.694. The van der Waals surface area contributed by atoms with Crippen LogP contribution in [0, 0.1) is 17.1 Å². The number of hydrogen-bond donors (Lipinski definition) is 1. The van der Waals surface area contributed by atoms with E-state index in [2.05, 4.69) is 16.1 Å². The van der Waals surface area contributed by atoms with E-state index in [1.807, 2.05) is 32.0 Å². The zero-order chi connectivity index (χ0) is 22.6. The van der Waals surface area contributed by atoms with E-state index in [4.69, 9.17) is 11.0 Å². The van der Waals surface area contributed by atoms with E-state index in [9.17, 15) is 9.18 Å². The molecule has 0 unspecified atom stereocenters. The normalized spacial score (nSPS) is 19.9. The van der Waals surface area contributed by atoms with Crippen LogP contribution in [0.25, 0.3) is 0 Å². The van der Waals surface area contributed by atoms with E-state index >= 15 is 0 Å². The minimum Gasteiger partial charge on any atom is -0.378 e. The molecule has 3 rings (SSSR count). The third-order valence-corrected chi connectivity index (χ3v) is 5.82. The number of carbonyl (C=O) groups is 1. The molecule has 0 aliphatic carbocycles. The number of pyridine rings is 1. The summed E-state index contributed by atoms with van der Waals surface area (Å²) in [6.45, 7) is 2.61. The number of benzene rings is 1. The van der Waals surface area contributed by atoms with Crippen molar-refractivity contribution >= 4 is 22.7 Å². The van der Waals surface area contributed by atoms with E-state index < -0.39 is 5.54 Å². The molecule has 0 bridgehead atoms. The summed E-state index contributed by atoms with van der Waals surface area (Å²) in [6.07, 6.45) is 4.03. The van der Waals surface area contributed by atoms with Gasteiger partial charge in [0.15, 0.2) is 11.0 Å². The molecule has 1 aromatic carbocycles. The molecule has 2 aromatic rings. The fourth-order valence-electron chi connectivity index (χ4n) is 3.36. The van der Waals surface area contributed by atoms with Crippen molar-refractivity contribution in [3.8, 4) is 6.07 Å². The van der Waals surface area contributed by atoms with Crippen molar-refractivity contribution in [2.24, 2.45) is 10.7 Å². The monoisotopic (exact) mass is 437 g/mol. The van der Waals surface area contributed by atoms with E-state index in [1.54, 1.807) is 18.2 Å². The molecule has 1 aromatic heterocycles. The fraction of sp³-hybridized carbons (Fsp3) is 0.304. The molecule has 0 saturated heterocycles. The number of nitriles is 1. The number of aliphatic imine (C=N–C) groups is 1. The second kappa shape index (κ2) is 9.41. The van der Waals surface area contributed by atoms with Crippen molar-refractivity contribution < 1.29 is 9.18 Å². The Hall–Kier alpha value is -3.02. The maximum absolute atomic E-state index is 14.8. The number of ketones is 1. The van der Waals surface area contributed by atoms with Crippen LogP contribution in [-0.4, -0.2) is 41.5 Å². The number of amidine groups is 1. The highest BCUT2D eigenvalue weighted by Gasteiger charge is 2.34. The average Bonchev–Trinajstić information content (AvgIpc) is 2.73. The molecule has 6 nitrogen and oxygen atoms in total. The van der Waals surface area contributed by atoms with Crippen molar-refractivity contribution in [3.05, 3.63) is 75.7 Å². The molecule has 0 spiro atoms. The topological polar surface area (TPSA) is 95.4 Å². The van der Waals surface area contributed by atoms with Gasteiger partial charge in [-0.2, -0.15) is 5.26 Å². The molecule has 0 fully saturated rings. The lowest BCUT2D eigenvalue weighted by Crippen LogP contribution is -2.29. The number of carbonyl (C=O) groups excluding carboxylic acids is 1. The maximum atomic E-state index is 14.8. The molecule has 1 aliphatic heterocycles. The van der Waals surface area contributed by atoms with Gasteiger partial charge in [0.1, 0.15) is 17.6 Å². The van der Waals surface area contributed by atoms with Crippen LogP contribution in [0.5, 0.6) is 0 Å². The average molecular weight is 438 g/mol. The molecule has 31 heavy (non-hydrogen) atoms. The van der Waals surface area contributed by atoms with Gasteiger partial charge in [0.25, 0.3) is 0 Å². The summed E-state index contributed by atoms with van der Waals surface area (Å²) in [7, 11) is 3.95. The van der Waals surface area contributed by atoms with E-state index in [0.29, 0.717) is 28.3 Å². The van der Waals surface area contributed by atoms with Crippen molar-refractivity contribution in [2.75, 3.05) is 20.6 Å². The molecule has 1 aliphatic rings. The van der Waals surface area contributed by atoms with Gasteiger partial charge in [-0.15, -0.1) is 0 Å². The molecule has 1 atom stereocenters. The van der Waals surface area contributed by atoms with Gasteiger partial charge in [-0.25, -0.2) is 4.39 Å². The molecule has 2 heterocycles. The number of nitrogens with zero attached hydrogens (tertiary/aromatic N) is 4. The highest BCUT2D eigenvalue weighted by Crippen LogP contribution is 2.42. The number of halogens is 1. The first-order valence-corrected chi connectivity index (χ1v) is 10.6. The lowest BCUT2D eigenvalue weighted by molar-refractivity contribution is 0.0988. The van der Waals surface area contributed by atoms with Crippen molar-refractivity contribution in [2.45, 2.75) is 25.3 Å². The molecule has 0 amide bonds. The first-order valence-electron chi connectivity index (χ1n) is 9.75. The standard InChI is InChI=1S/C23H24FN5OS/c1-23(12-17(8-9-29(2)3)31-22(26)28-23)18-10-15(4-6-19(18)24)11-21(30)20-7-5-16(13-25)14-27-20/h4-8,10,14H,9,11-12H2,1-3H3,(H2,26,28)/b17-8-/t23-/m0/s1. The number of hydrogen-bond acceptors (Lipinski definition) is 7. The summed E-state index contributed by atoms with van der Waals surface area (Å²) in [5.74, 6) is -0.591. The highest BCUT2D eigenvalue weighted by atomic mass is 32.2. The van der Waals surface area contributed by atoms with Crippen LogP contribution in [0.1, 0.15) is 40.5 Å². The smallest absolute Gasteiger partial charge is 0.185 e. The Balaban J connectivity index is 1.87. The predicted molar refractivity (Wildman–Crippen MR) is 121 cm³/mol. The Morgan fingerprint density at radius 2 is 2.16 bits per heavy atom. The summed E-state index contributed by atoms with van der Waals surface area (Å²) < 4.78 is 14.8. The number of likely N-dealkylation sites (N-methyl/N-ethyl adjacent to an activating group) is 1. The van der Waals surface area contributed by atoms with Crippen LogP contribution in [0.2, 0.25) is 0 Å².